The molecule has 0 saturated carbocycles. The van der Waals surface area contributed by atoms with Crippen LogP contribution in [0.15, 0.2) is 0 Å². The van der Waals surface area contributed by atoms with E-state index in [0.717, 1.165) is 0 Å². The lowest BCUT2D eigenvalue weighted by Crippen LogP contribution is -2.46. The van der Waals surface area contributed by atoms with Crippen molar-refractivity contribution >= 4 is 12.0 Å². The molecule has 0 radical (unpaired) electrons. The first-order valence-electron chi connectivity index (χ1n) is 5.29. The molecular weight excluding hydrogens is 224 g/mol. The molecule has 17 heavy (non-hydrogen) atoms. The summed E-state index contributed by atoms with van der Waals surface area (Å²) in [6, 6.07) is -1.63. The molecule has 0 aromatic carbocycles. The van der Waals surface area contributed by atoms with Crippen molar-refractivity contribution < 1.29 is 19.4 Å². The number of carboxylic acids is 1. The fraction of sp³-hybridized carbons (Fsp3) is 0.636. The Balaban J connectivity index is 3.83. The molecule has 0 aliphatic heterocycles. The van der Waals surface area contributed by atoms with Gasteiger partial charge in [0.15, 0.2) is 0 Å². The molecule has 0 heterocycles. The van der Waals surface area contributed by atoms with Crippen LogP contribution in [0.5, 0.6) is 0 Å². The maximum Gasteiger partial charge on any atom is 0.327 e. The number of amides is 2. The van der Waals surface area contributed by atoms with Crippen LogP contribution >= 0.6 is 0 Å². The highest BCUT2D eigenvalue weighted by Crippen LogP contribution is 1.90. The van der Waals surface area contributed by atoms with Crippen molar-refractivity contribution in [2.24, 2.45) is 0 Å². The molecule has 0 aliphatic rings. The molecule has 0 bridgehead atoms. The van der Waals surface area contributed by atoms with Crippen molar-refractivity contribution in [3.63, 3.8) is 0 Å². The summed E-state index contributed by atoms with van der Waals surface area (Å²) in [5, 5.41) is 13.5. The van der Waals surface area contributed by atoms with Crippen LogP contribution in [-0.4, -0.2) is 42.4 Å². The van der Waals surface area contributed by atoms with E-state index in [-0.39, 0.29) is 12.5 Å². The highest BCUT2D eigenvalue weighted by atomic mass is 16.5. The van der Waals surface area contributed by atoms with E-state index in [0.29, 0.717) is 13.2 Å². The van der Waals surface area contributed by atoms with Crippen LogP contribution in [0, 0.1) is 12.3 Å². The third kappa shape index (κ3) is 8.11. The number of hydrogen-bond acceptors (Lipinski definition) is 3. The Morgan fingerprint density at radius 3 is 2.59 bits per heavy atom. The van der Waals surface area contributed by atoms with E-state index in [1.807, 2.05) is 13.8 Å². The average molecular weight is 242 g/mol. The molecule has 3 N–H and O–H groups in total. The molecule has 1 unspecified atom stereocenters. The van der Waals surface area contributed by atoms with E-state index in [9.17, 15) is 9.59 Å². The number of carboxylic acid groups (broad SMARTS) is 1. The number of nitrogens with one attached hydrogen (secondary N) is 2. The fourth-order valence-corrected chi connectivity index (χ4v) is 0.986. The Morgan fingerprint density at radius 1 is 1.47 bits per heavy atom. The molecule has 0 aliphatic carbocycles. The number of urea groups is 1. The molecule has 6 nitrogen and oxygen atoms in total. The zero-order chi connectivity index (χ0) is 13.3. The zero-order valence-corrected chi connectivity index (χ0v) is 10.0. The van der Waals surface area contributed by atoms with Gasteiger partial charge >= 0.3 is 12.0 Å². The van der Waals surface area contributed by atoms with E-state index >= 15 is 0 Å². The normalized spacial score (nSPS) is 11.6. The highest BCUT2D eigenvalue weighted by Gasteiger charge is 2.18. The molecule has 0 rings (SSSR count). The molecule has 0 saturated heterocycles. The Bertz CT molecular complexity index is 296. The van der Waals surface area contributed by atoms with Gasteiger partial charge in [-0.3, -0.25) is 0 Å². The van der Waals surface area contributed by atoms with E-state index in [1.165, 1.54) is 0 Å². The second-order valence-electron chi connectivity index (χ2n) is 3.62. The predicted octanol–water partition coefficient (Wildman–Crippen LogP) is 0.187. The maximum absolute atomic E-state index is 11.3. The second kappa shape index (κ2) is 8.42. The number of hydrogen-bond donors (Lipinski definition) is 3. The van der Waals surface area contributed by atoms with Gasteiger partial charge in [0.05, 0.1) is 12.7 Å². The summed E-state index contributed by atoms with van der Waals surface area (Å²) in [6.45, 7) is 4.45. The van der Waals surface area contributed by atoms with Gasteiger partial charge in [-0.25, -0.2) is 9.59 Å². The van der Waals surface area contributed by atoms with E-state index in [2.05, 4.69) is 16.6 Å². The molecule has 96 valence electrons. The topological polar surface area (TPSA) is 87.7 Å². The Labute approximate surface area is 101 Å². The minimum Gasteiger partial charge on any atom is -0.480 e. The highest BCUT2D eigenvalue weighted by molar-refractivity contribution is 5.82. The summed E-state index contributed by atoms with van der Waals surface area (Å²) in [4.78, 5) is 21.9. The van der Waals surface area contributed by atoms with Gasteiger partial charge in [0.2, 0.25) is 0 Å². The lowest BCUT2D eigenvalue weighted by molar-refractivity contribution is -0.139. The largest absolute Gasteiger partial charge is 0.480 e. The van der Waals surface area contributed by atoms with Gasteiger partial charge in [-0.15, -0.1) is 12.3 Å². The standard InChI is InChI=1S/C11H18N2O4/c1-4-5-9(10(14)15)13-11(16)12-6-7-17-8(2)3/h1,8-9H,5-7H2,2-3H3,(H,14,15)(H2,12,13,16). The first-order chi connectivity index (χ1) is 7.97. The third-order valence-corrected chi connectivity index (χ3v) is 1.76. The lowest BCUT2D eigenvalue weighted by atomic mass is 10.2. The average Bonchev–Trinajstić information content (AvgIpc) is 2.23. The molecule has 0 aromatic heterocycles. The van der Waals surface area contributed by atoms with Crippen LogP contribution in [0.4, 0.5) is 4.79 Å². The summed E-state index contributed by atoms with van der Waals surface area (Å²) in [6.07, 6.45) is 5.03. The summed E-state index contributed by atoms with van der Waals surface area (Å²) in [5.74, 6) is 1.03. The molecule has 0 spiro atoms. The van der Waals surface area contributed by atoms with E-state index in [1.54, 1.807) is 0 Å². The molecule has 1 atom stereocenters. The van der Waals surface area contributed by atoms with Crippen LogP contribution in [0.3, 0.4) is 0 Å². The van der Waals surface area contributed by atoms with Gasteiger partial charge < -0.3 is 20.5 Å². The summed E-state index contributed by atoms with van der Waals surface area (Å²) in [7, 11) is 0. The second-order valence-corrected chi connectivity index (χ2v) is 3.62. The van der Waals surface area contributed by atoms with Crippen molar-refractivity contribution in [1.82, 2.24) is 10.6 Å². The number of carbonyl (C=O) groups is 2. The van der Waals surface area contributed by atoms with E-state index < -0.39 is 18.0 Å². The minimum absolute atomic E-state index is 0.0503. The Kier molecular flexibility index (Phi) is 7.55. The smallest absolute Gasteiger partial charge is 0.327 e. The van der Waals surface area contributed by atoms with Crippen molar-refractivity contribution in [1.29, 1.82) is 0 Å². The molecule has 6 heteroatoms. The number of carbonyl (C=O) groups excluding carboxylic acids is 1. The van der Waals surface area contributed by atoms with E-state index in [4.69, 9.17) is 16.3 Å². The summed E-state index contributed by atoms with van der Waals surface area (Å²) in [5.41, 5.74) is 0. The number of terminal acetylenes is 1. The van der Waals surface area contributed by atoms with Gasteiger partial charge in [-0.05, 0) is 13.8 Å². The lowest BCUT2D eigenvalue weighted by Gasteiger charge is -2.13. The maximum atomic E-state index is 11.3. The molecular formula is C11H18N2O4. The third-order valence-electron chi connectivity index (χ3n) is 1.76. The first-order valence-corrected chi connectivity index (χ1v) is 5.29. The van der Waals surface area contributed by atoms with Gasteiger partial charge in [0.25, 0.3) is 0 Å². The fourth-order valence-electron chi connectivity index (χ4n) is 0.986. The number of aliphatic carboxylic acids is 1. The van der Waals surface area contributed by atoms with Gasteiger partial charge in [0.1, 0.15) is 6.04 Å². The molecule has 0 fully saturated rings. The summed E-state index contributed by atoms with van der Waals surface area (Å²) < 4.78 is 5.20. The quantitative estimate of drug-likeness (QED) is 0.439. The Hall–Kier alpha value is -1.74. The Morgan fingerprint density at radius 2 is 2.12 bits per heavy atom. The van der Waals surface area contributed by atoms with Crippen LogP contribution in [0.1, 0.15) is 20.3 Å². The van der Waals surface area contributed by atoms with Crippen LogP contribution in [0.2, 0.25) is 0 Å². The van der Waals surface area contributed by atoms with Crippen LogP contribution in [0.25, 0.3) is 0 Å². The summed E-state index contributed by atoms with van der Waals surface area (Å²) >= 11 is 0. The van der Waals surface area contributed by atoms with Gasteiger partial charge in [-0.2, -0.15) is 0 Å². The monoisotopic (exact) mass is 242 g/mol. The van der Waals surface area contributed by atoms with Crippen molar-refractivity contribution in [3.8, 4) is 12.3 Å². The SMILES string of the molecule is C#CCC(NC(=O)NCCOC(C)C)C(=O)O. The van der Waals surface area contributed by atoms with Crippen molar-refractivity contribution in [2.45, 2.75) is 32.4 Å². The van der Waals surface area contributed by atoms with Crippen molar-refractivity contribution in [3.05, 3.63) is 0 Å². The number of ether oxygens (including phenoxy) is 1. The zero-order valence-electron chi connectivity index (χ0n) is 10.0. The number of rotatable bonds is 7. The van der Waals surface area contributed by atoms with Crippen molar-refractivity contribution in [2.75, 3.05) is 13.2 Å². The first kappa shape index (κ1) is 15.3. The van der Waals surface area contributed by atoms with Gasteiger partial charge in [-0.1, -0.05) is 0 Å². The predicted molar refractivity (Wildman–Crippen MR) is 62.5 cm³/mol. The van der Waals surface area contributed by atoms with Crippen LogP contribution < -0.4 is 10.6 Å². The minimum atomic E-state index is -1.16. The van der Waals surface area contributed by atoms with Gasteiger partial charge in [0, 0.05) is 13.0 Å². The van der Waals surface area contributed by atoms with Crippen LogP contribution in [-0.2, 0) is 9.53 Å². The molecule has 0 aromatic rings. The molecule has 2 amide bonds.